The van der Waals surface area contributed by atoms with Crippen molar-refractivity contribution in [2.24, 2.45) is 11.0 Å². The van der Waals surface area contributed by atoms with Crippen LogP contribution in [0.3, 0.4) is 0 Å². The molecule has 0 aromatic carbocycles. The van der Waals surface area contributed by atoms with Gasteiger partial charge in [0.15, 0.2) is 12.4 Å². The summed E-state index contributed by atoms with van der Waals surface area (Å²) in [6, 6.07) is -1.43. The van der Waals surface area contributed by atoms with Crippen LogP contribution in [0, 0.1) is 5.92 Å². The fourth-order valence-electron chi connectivity index (χ4n) is 3.63. The number of aliphatic hydroxyl groups excluding tert-OH is 3. The Bertz CT molecular complexity index is 776. The number of rotatable bonds is 6. The first-order valence-electron chi connectivity index (χ1n) is 9.49. The summed E-state index contributed by atoms with van der Waals surface area (Å²) < 4.78 is 16.2. The van der Waals surface area contributed by atoms with Gasteiger partial charge in [-0.1, -0.05) is 12.0 Å². The summed E-state index contributed by atoms with van der Waals surface area (Å²) in [7, 11) is 0. The van der Waals surface area contributed by atoms with Crippen LogP contribution in [0.4, 0.5) is 4.79 Å². The number of amides is 3. The molecule has 0 bridgehead atoms. The number of nitrogens with one attached hydrogen (secondary N) is 1. The largest absolute Gasteiger partial charge is 0.479 e. The first-order chi connectivity index (χ1) is 14.6. The number of urea groups is 1. The van der Waals surface area contributed by atoms with Crippen LogP contribution < -0.4 is 5.32 Å². The third-order valence-electron chi connectivity index (χ3n) is 5.40. The molecule has 0 spiro atoms. The lowest BCUT2D eigenvalue weighted by Crippen LogP contribution is -2.60. The minimum Gasteiger partial charge on any atom is -0.479 e. The second-order valence-corrected chi connectivity index (χ2v) is 7.55. The summed E-state index contributed by atoms with van der Waals surface area (Å²) in [5.74, 6) is -2.44. The van der Waals surface area contributed by atoms with Crippen LogP contribution in [-0.2, 0) is 23.8 Å². The molecule has 3 fully saturated rings. The normalized spacial score (nSPS) is 40.9. The predicted octanol–water partition coefficient (Wildman–Crippen LogP) is -2.12. The van der Waals surface area contributed by atoms with Crippen molar-refractivity contribution in [3.63, 3.8) is 0 Å². The van der Waals surface area contributed by atoms with E-state index in [1.54, 1.807) is 6.92 Å². The Morgan fingerprint density at radius 2 is 2.00 bits per heavy atom. The van der Waals surface area contributed by atoms with Gasteiger partial charge in [0.05, 0.1) is 24.7 Å². The number of carboxylic acid groups (broad SMARTS) is 1. The summed E-state index contributed by atoms with van der Waals surface area (Å²) in [5, 5.41) is 44.5. The van der Waals surface area contributed by atoms with E-state index in [1.165, 1.54) is 4.90 Å². The summed E-state index contributed by atoms with van der Waals surface area (Å²) in [5.41, 5.74) is 8.82. The highest BCUT2D eigenvalue weighted by Gasteiger charge is 2.48. The molecule has 3 aliphatic rings. The number of ether oxygens (including phenoxy) is 3. The lowest BCUT2D eigenvalue weighted by Gasteiger charge is -2.38. The highest BCUT2D eigenvalue weighted by molar-refractivity contribution is 5.97. The highest BCUT2D eigenvalue weighted by atomic mass is 16.7. The fraction of sp³-hybridized carbons (Fsp3) is 0.812. The average molecular weight is 445 g/mol. The number of aliphatic carboxylic acids is 1. The number of carbonyl (C=O) groups is 3. The standard InChI is InChI=1S/C16H23N5O10/c1-5-3-21(16(28)18-13(5)25)8-2-6(19-20-17)7(30-8)4-29-15-11(24)9(22)10(23)12(31-15)14(26)27/h5-12,15,22-24H,2-4H2,1H3,(H,26,27)(H,18,25,28)/t5?,6?,7?,8?,9-,10-,11+,12-,15+/m0/s1. The molecule has 3 heterocycles. The first-order valence-corrected chi connectivity index (χ1v) is 9.49. The summed E-state index contributed by atoms with van der Waals surface area (Å²) in [6.07, 6.45) is -10.5. The second kappa shape index (κ2) is 9.32. The Balaban J connectivity index is 1.66. The molecule has 3 rings (SSSR count). The number of nitrogens with zero attached hydrogens (tertiary/aromatic N) is 4. The molecule has 0 radical (unpaired) electrons. The smallest absolute Gasteiger partial charge is 0.335 e. The van der Waals surface area contributed by atoms with Crippen LogP contribution in [-0.4, -0.2) is 105 Å². The van der Waals surface area contributed by atoms with E-state index >= 15 is 0 Å². The molecule has 172 valence electrons. The lowest BCUT2D eigenvalue weighted by atomic mass is 9.99. The van der Waals surface area contributed by atoms with Gasteiger partial charge >= 0.3 is 12.0 Å². The molecule has 5 N–H and O–H groups in total. The molecule has 15 nitrogen and oxygen atoms in total. The number of carboxylic acids is 1. The van der Waals surface area contributed by atoms with Crippen LogP contribution in [0.2, 0.25) is 0 Å². The first kappa shape index (κ1) is 23.1. The lowest BCUT2D eigenvalue weighted by molar-refractivity contribution is -0.298. The summed E-state index contributed by atoms with van der Waals surface area (Å²) in [6.45, 7) is 1.39. The third kappa shape index (κ3) is 4.72. The molecular weight excluding hydrogens is 422 g/mol. The fourth-order valence-corrected chi connectivity index (χ4v) is 3.63. The molecule has 4 unspecified atom stereocenters. The van der Waals surface area contributed by atoms with Crippen LogP contribution >= 0.6 is 0 Å². The molecule has 0 saturated carbocycles. The van der Waals surface area contributed by atoms with Crippen LogP contribution in [0.1, 0.15) is 13.3 Å². The number of hydrogen-bond acceptors (Lipinski definition) is 10. The Kier molecular flexibility index (Phi) is 6.96. The SMILES string of the molecule is CC1CN(C2CC(N=[N+]=[N-])C(CO[C@@H]3O[C@H](C(=O)O)[C@@H](O)[C@H](O)[C@H]3O)O2)C(=O)NC1=O. The van der Waals surface area contributed by atoms with Crippen LogP contribution in [0.15, 0.2) is 5.11 Å². The van der Waals surface area contributed by atoms with Crippen molar-refractivity contribution in [3.05, 3.63) is 10.4 Å². The molecule has 3 aliphatic heterocycles. The molecule has 0 aliphatic carbocycles. The molecule has 0 aromatic heterocycles. The van der Waals surface area contributed by atoms with Crippen LogP contribution in [0.25, 0.3) is 10.4 Å². The highest BCUT2D eigenvalue weighted by Crippen LogP contribution is 2.29. The van der Waals surface area contributed by atoms with Gasteiger partial charge < -0.3 is 34.6 Å². The van der Waals surface area contributed by atoms with Crippen molar-refractivity contribution in [1.82, 2.24) is 10.2 Å². The minimum atomic E-state index is -1.86. The van der Waals surface area contributed by atoms with E-state index in [0.29, 0.717) is 0 Å². The average Bonchev–Trinajstić information content (AvgIpc) is 3.11. The molecule has 31 heavy (non-hydrogen) atoms. The van der Waals surface area contributed by atoms with Gasteiger partial charge in [-0.25, -0.2) is 9.59 Å². The van der Waals surface area contributed by atoms with E-state index in [2.05, 4.69) is 15.3 Å². The van der Waals surface area contributed by atoms with Gasteiger partial charge in [-0.05, 0) is 5.53 Å². The second-order valence-electron chi connectivity index (χ2n) is 7.55. The number of aliphatic hydroxyl groups is 3. The van der Waals surface area contributed by atoms with E-state index in [0.717, 1.165) is 0 Å². The monoisotopic (exact) mass is 445 g/mol. The topological polar surface area (TPSA) is 224 Å². The quantitative estimate of drug-likeness (QED) is 0.170. The molecular formula is C16H23N5O10. The zero-order valence-electron chi connectivity index (χ0n) is 16.3. The van der Waals surface area contributed by atoms with E-state index in [4.69, 9.17) is 24.8 Å². The number of carbonyl (C=O) groups excluding carboxylic acids is 2. The van der Waals surface area contributed by atoms with E-state index < -0.39 is 72.9 Å². The maximum Gasteiger partial charge on any atom is 0.335 e. The number of hydrogen-bond donors (Lipinski definition) is 5. The van der Waals surface area contributed by atoms with Crippen molar-refractivity contribution in [2.45, 2.75) is 62.4 Å². The van der Waals surface area contributed by atoms with Gasteiger partial charge in [0.25, 0.3) is 0 Å². The van der Waals surface area contributed by atoms with Crippen molar-refractivity contribution in [1.29, 1.82) is 0 Å². The summed E-state index contributed by atoms with van der Waals surface area (Å²) in [4.78, 5) is 39.0. The zero-order chi connectivity index (χ0) is 22.9. The van der Waals surface area contributed by atoms with Gasteiger partial charge in [-0.3, -0.25) is 15.0 Å². The maximum absolute atomic E-state index is 12.1. The zero-order valence-corrected chi connectivity index (χ0v) is 16.3. The van der Waals surface area contributed by atoms with E-state index in [1.807, 2.05) is 0 Å². The van der Waals surface area contributed by atoms with E-state index in [9.17, 15) is 29.7 Å². The van der Waals surface area contributed by atoms with Gasteiger partial charge in [0, 0.05) is 17.9 Å². The molecule has 15 heteroatoms. The van der Waals surface area contributed by atoms with E-state index in [-0.39, 0.29) is 19.6 Å². The predicted molar refractivity (Wildman–Crippen MR) is 95.9 cm³/mol. The third-order valence-corrected chi connectivity index (χ3v) is 5.40. The molecule has 9 atom stereocenters. The van der Waals surface area contributed by atoms with Crippen molar-refractivity contribution < 1.29 is 49.0 Å². The molecule has 0 aromatic rings. The van der Waals surface area contributed by atoms with Gasteiger partial charge in [-0.2, -0.15) is 0 Å². The molecule has 3 saturated heterocycles. The van der Waals surface area contributed by atoms with Gasteiger partial charge in [-0.15, -0.1) is 0 Å². The Hall–Kier alpha value is -2.52. The van der Waals surface area contributed by atoms with Crippen LogP contribution in [0.5, 0.6) is 0 Å². The van der Waals surface area contributed by atoms with Crippen molar-refractivity contribution in [2.75, 3.05) is 13.2 Å². The van der Waals surface area contributed by atoms with Gasteiger partial charge in [0.1, 0.15) is 24.5 Å². The number of imide groups is 1. The summed E-state index contributed by atoms with van der Waals surface area (Å²) >= 11 is 0. The number of azide groups is 1. The maximum atomic E-state index is 12.1. The Morgan fingerprint density at radius 1 is 1.29 bits per heavy atom. The Labute approximate surface area is 175 Å². The minimum absolute atomic E-state index is 0.0979. The Morgan fingerprint density at radius 3 is 2.65 bits per heavy atom. The van der Waals surface area contributed by atoms with Crippen molar-refractivity contribution >= 4 is 17.9 Å². The molecule has 3 amide bonds. The van der Waals surface area contributed by atoms with Crippen molar-refractivity contribution in [3.8, 4) is 0 Å². The van der Waals surface area contributed by atoms with Gasteiger partial charge in [0.2, 0.25) is 5.91 Å².